The average Bonchev–Trinajstić information content (AvgIpc) is 2.23. The molecule has 1 N–H and O–H groups in total. The standard InChI is InChI=1S/C9H12BrN3O/c10-8-4-11-6-12-9(8)13-7-2-1-3-14-5-7/h4,6-7H,1-3,5H2,(H,11,12,13). The molecule has 1 unspecified atom stereocenters. The molecule has 1 aliphatic rings. The van der Waals surface area contributed by atoms with Crippen LogP contribution in [0.4, 0.5) is 5.82 Å². The predicted molar refractivity (Wildman–Crippen MR) is 57.2 cm³/mol. The Morgan fingerprint density at radius 2 is 2.50 bits per heavy atom. The molecule has 1 atom stereocenters. The van der Waals surface area contributed by atoms with Crippen LogP contribution in [-0.2, 0) is 4.74 Å². The molecule has 4 nitrogen and oxygen atoms in total. The minimum absolute atomic E-state index is 0.370. The van der Waals surface area contributed by atoms with Crippen molar-refractivity contribution in [3.8, 4) is 0 Å². The largest absolute Gasteiger partial charge is 0.379 e. The van der Waals surface area contributed by atoms with Crippen molar-refractivity contribution in [1.82, 2.24) is 9.97 Å². The molecule has 0 saturated carbocycles. The van der Waals surface area contributed by atoms with Crippen LogP contribution in [0.3, 0.4) is 0 Å². The van der Waals surface area contributed by atoms with Crippen molar-refractivity contribution >= 4 is 21.7 Å². The third-order valence-electron chi connectivity index (χ3n) is 2.17. The van der Waals surface area contributed by atoms with Gasteiger partial charge >= 0.3 is 0 Å². The molecule has 1 saturated heterocycles. The summed E-state index contributed by atoms with van der Waals surface area (Å²) in [6.07, 6.45) is 5.52. The number of anilines is 1. The van der Waals surface area contributed by atoms with E-state index in [-0.39, 0.29) is 0 Å². The van der Waals surface area contributed by atoms with Crippen LogP contribution < -0.4 is 5.32 Å². The molecule has 0 spiro atoms. The zero-order chi connectivity index (χ0) is 9.80. The first-order valence-corrected chi connectivity index (χ1v) is 5.45. The van der Waals surface area contributed by atoms with Crippen LogP contribution in [-0.4, -0.2) is 29.2 Å². The Morgan fingerprint density at radius 1 is 1.57 bits per heavy atom. The van der Waals surface area contributed by atoms with E-state index in [4.69, 9.17) is 4.74 Å². The van der Waals surface area contributed by atoms with Crippen molar-refractivity contribution in [1.29, 1.82) is 0 Å². The summed E-state index contributed by atoms with van der Waals surface area (Å²) in [4.78, 5) is 8.06. The Balaban J connectivity index is 1.99. The SMILES string of the molecule is Brc1cncnc1NC1CCCOC1. The Kier molecular flexibility index (Phi) is 3.31. The van der Waals surface area contributed by atoms with Crippen molar-refractivity contribution in [3.05, 3.63) is 17.0 Å². The number of ether oxygens (including phenoxy) is 1. The molecule has 2 heterocycles. The summed E-state index contributed by atoms with van der Waals surface area (Å²) in [5.41, 5.74) is 0. The van der Waals surface area contributed by atoms with Crippen LogP contribution in [0.25, 0.3) is 0 Å². The molecular formula is C9H12BrN3O. The molecule has 0 aromatic carbocycles. The quantitative estimate of drug-likeness (QED) is 0.879. The Hall–Kier alpha value is -0.680. The molecule has 14 heavy (non-hydrogen) atoms. The summed E-state index contributed by atoms with van der Waals surface area (Å²) < 4.78 is 6.27. The van der Waals surface area contributed by atoms with Crippen LogP contribution in [0, 0.1) is 0 Å². The Labute approximate surface area is 91.2 Å². The number of nitrogens with zero attached hydrogens (tertiary/aromatic N) is 2. The highest BCUT2D eigenvalue weighted by Crippen LogP contribution is 2.20. The Morgan fingerprint density at radius 3 is 3.21 bits per heavy atom. The van der Waals surface area contributed by atoms with Gasteiger partial charge in [-0.1, -0.05) is 0 Å². The number of rotatable bonds is 2. The molecule has 0 bridgehead atoms. The molecular weight excluding hydrogens is 246 g/mol. The number of aromatic nitrogens is 2. The van der Waals surface area contributed by atoms with E-state index < -0.39 is 0 Å². The smallest absolute Gasteiger partial charge is 0.144 e. The first-order valence-electron chi connectivity index (χ1n) is 4.66. The second-order valence-electron chi connectivity index (χ2n) is 3.28. The first kappa shape index (κ1) is 9.86. The van der Waals surface area contributed by atoms with Gasteiger partial charge in [-0.2, -0.15) is 0 Å². The van der Waals surface area contributed by atoms with Crippen LogP contribution in [0.15, 0.2) is 17.0 Å². The summed E-state index contributed by atoms with van der Waals surface area (Å²) in [6, 6.07) is 0.370. The van der Waals surface area contributed by atoms with Gasteiger partial charge in [0.15, 0.2) is 0 Å². The molecule has 5 heteroatoms. The number of hydrogen-bond donors (Lipinski definition) is 1. The maximum atomic E-state index is 5.37. The lowest BCUT2D eigenvalue weighted by molar-refractivity contribution is 0.0875. The van der Waals surface area contributed by atoms with Gasteiger partial charge in [0.05, 0.1) is 17.1 Å². The van der Waals surface area contributed by atoms with E-state index in [1.54, 1.807) is 6.20 Å². The fraction of sp³-hybridized carbons (Fsp3) is 0.556. The van der Waals surface area contributed by atoms with E-state index in [0.29, 0.717) is 6.04 Å². The lowest BCUT2D eigenvalue weighted by atomic mass is 10.1. The summed E-state index contributed by atoms with van der Waals surface area (Å²) in [7, 11) is 0. The zero-order valence-corrected chi connectivity index (χ0v) is 9.33. The van der Waals surface area contributed by atoms with Gasteiger partial charge in [-0.3, -0.25) is 0 Å². The molecule has 1 fully saturated rings. The topological polar surface area (TPSA) is 47.0 Å². The summed E-state index contributed by atoms with van der Waals surface area (Å²) >= 11 is 3.39. The fourth-order valence-corrected chi connectivity index (χ4v) is 1.80. The number of halogens is 1. The maximum Gasteiger partial charge on any atom is 0.144 e. The highest BCUT2D eigenvalue weighted by atomic mass is 79.9. The van der Waals surface area contributed by atoms with Crippen molar-refractivity contribution in [2.75, 3.05) is 18.5 Å². The highest BCUT2D eigenvalue weighted by molar-refractivity contribution is 9.10. The van der Waals surface area contributed by atoms with Gasteiger partial charge in [-0.15, -0.1) is 0 Å². The van der Waals surface area contributed by atoms with Crippen molar-refractivity contribution in [2.24, 2.45) is 0 Å². The van der Waals surface area contributed by atoms with Gasteiger partial charge in [0, 0.05) is 12.8 Å². The lowest BCUT2D eigenvalue weighted by Gasteiger charge is -2.23. The van der Waals surface area contributed by atoms with Gasteiger partial charge in [-0.25, -0.2) is 9.97 Å². The molecule has 76 valence electrons. The lowest BCUT2D eigenvalue weighted by Crippen LogP contribution is -2.30. The summed E-state index contributed by atoms with van der Waals surface area (Å²) in [6.45, 7) is 1.64. The molecule has 2 rings (SSSR count). The summed E-state index contributed by atoms with van der Waals surface area (Å²) in [5.74, 6) is 0.843. The monoisotopic (exact) mass is 257 g/mol. The van der Waals surface area contributed by atoms with E-state index in [2.05, 4.69) is 31.2 Å². The van der Waals surface area contributed by atoms with Gasteiger partial charge in [0.2, 0.25) is 0 Å². The normalized spacial score (nSPS) is 21.9. The maximum absolute atomic E-state index is 5.37. The molecule has 0 aliphatic carbocycles. The number of nitrogens with one attached hydrogen (secondary N) is 1. The minimum Gasteiger partial charge on any atom is -0.379 e. The van der Waals surface area contributed by atoms with Crippen molar-refractivity contribution in [3.63, 3.8) is 0 Å². The second kappa shape index (κ2) is 4.70. The molecule has 0 radical (unpaired) electrons. The van der Waals surface area contributed by atoms with Gasteiger partial charge in [-0.05, 0) is 28.8 Å². The average molecular weight is 258 g/mol. The van der Waals surface area contributed by atoms with Crippen LogP contribution >= 0.6 is 15.9 Å². The minimum atomic E-state index is 0.370. The Bertz CT molecular complexity index is 302. The number of hydrogen-bond acceptors (Lipinski definition) is 4. The van der Waals surface area contributed by atoms with Crippen LogP contribution in [0.5, 0.6) is 0 Å². The van der Waals surface area contributed by atoms with E-state index in [1.807, 2.05) is 0 Å². The molecule has 1 aromatic rings. The van der Waals surface area contributed by atoms with Crippen LogP contribution in [0.2, 0.25) is 0 Å². The second-order valence-corrected chi connectivity index (χ2v) is 4.13. The van der Waals surface area contributed by atoms with Gasteiger partial charge in [0.1, 0.15) is 12.1 Å². The fourth-order valence-electron chi connectivity index (χ4n) is 1.47. The van der Waals surface area contributed by atoms with Gasteiger partial charge in [0.25, 0.3) is 0 Å². The third-order valence-corrected chi connectivity index (χ3v) is 2.75. The molecule has 1 aromatic heterocycles. The van der Waals surface area contributed by atoms with Gasteiger partial charge < -0.3 is 10.1 Å². The van der Waals surface area contributed by atoms with E-state index in [1.165, 1.54) is 6.33 Å². The zero-order valence-electron chi connectivity index (χ0n) is 7.74. The van der Waals surface area contributed by atoms with Crippen molar-refractivity contribution in [2.45, 2.75) is 18.9 Å². The van der Waals surface area contributed by atoms with E-state index in [0.717, 1.165) is 36.3 Å². The van der Waals surface area contributed by atoms with E-state index in [9.17, 15) is 0 Å². The van der Waals surface area contributed by atoms with Crippen LogP contribution in [0.1, 0.15) is 12.8 Å². The highest BCUT2D eigenvalue weighted by Gasteiger charge is 2.14. The third kappa shape index (κ3) is 2.42. The van der Waals surface area contributed by atoms with Crippen molar-refractivity contribution < 1.29 is 4.74 Å². The van der Waals surface area contributed by atoms with E-state index >= 15 is 0 Å². The molecule has 0 amide bonds. The first-order chi connectivity index (χ1) is 6.86. The predicted octanol–water partition coefficient (Wildman–Crippen LogP) is 1.83. The summed E-state index contributed by atoms with van der Waals surface area (Å²) in [5, 5.41) is 3.33. The molecule has 1 aliphatic heterocycles.